The van der Waals surface area contributed by atoms with Crippen LogP contribution in [-0.2, 0) is 35.8 Å². The molecule has 4 aromatic carbocycles. The van der Waals surface area contributed by atoms with Gasteiger partial charge in [0.25, 0.3) is 0 Å². The molecule has 0 fully saturated rings. The molecule has 0 saturated heterocycles. The molecule has 4 rings (SSSR count). The number of carbonyl (C=O) groups is 2. The van der Waals surface area contributed by atoms with Gasteiger partial charge in [-0.2, -0.15) is 0 Å². The van der Waals surface area contributed by atoms with E-state index in [2.05, 4.69) is 0 Å². The summed E-state index contributed by atoms with van der Waals surface area (Å²) >= 11 is 0. The van der Waals surface area contributed by atoms with E-state index in [1.165, 1.54) is 0 Å². The van der Waals surface area contributed by atoms with Crippen molar-refractivity contribution in [2.75, 3.05) is 0 Å². The van der Waals surface area contributed by atoms with Crippen LogP contribution in [0.15, 0.2) is 121 Å². The van der Waals surface area contributed by atoms with E-state index in [1.54, 1.807) is 9.80 Å². The van der Waals surface area contributed by atoms with Gasteiger partial charge in [0.2, 0.25) is 11.8 Å². The second-order valence-corrected chi connectivity index (χ2v) is 8.62. The number of benzene rings is 4. The van der Waals surface area contributed by atoms with Crippen molar-refractivity contribution in [3.05, 3.63) is 144 Å². The molecule has 0 aromatic heterocycles. The van der Waals surface area contributed by atoms with Crippen LogP contribution >= 0.6 is 0 Å². The van der Waals surface area contributed by atoms with Gasteiger partial charge in [-0.25, -0.2) is 0 Å². The minimum atomic E-state index is -0.172. The van der Waals surface area contributed by atoms with E-state index in [0.29, 0.717) is 26.2 Å². The second kappa shape index (κ2) is 12.3. The lowest BCUT2D eigenvalue weighted by Crippen LogP contribution is -2.37. The maximum Gasteiger partial charge on any atom is 0.232 e. The van der Waals surface area contributed by atoms with Gasteiger partial charge in [-0.1, -0.05) is 121 Å². The van der Waals surface area contributed by atoms with Crippen LogP contribution in [0.25, 0.3) is 0 Å². The van der Waals surface area contributed by atoms with E-state index in [0.717, 1.165) is 22.3 Å². The predicted molar refractivity (Wildman–Crippen MR) is 139 cm³/mol. The minimum absolute atomic E-state index is 0.167. The van der Waals surface area contributed by atoms with Crippen molar-refractivity contribution in [2.24, 2.45) is 0 Å². The van der Waals surface area contributed by atoms with Gasteiger partial charge in [-0.3, -0.25) is 9.59 Å². The number of hydrogen-bond acceptors (Lipinski definition) is 2. The number of rotatable bonds is 10. The maximum atomic E-state index is 13.5. The van der Waals surface area contributed by atoms with Crippen molar-refractivity contribution < 1.29 is 9.59 Å². The van der Waals surface area contributed by atoms with Gasteiger partial charge in [0.05, 0.1) is 0 Å². The van der Waals surface area contributed by atoms with Crippen LogP contribution in [0.5, 0.6) is 0 Å². The van der Waals surface area contributed by atoms with Gasteiger partial charge in [0.15, 0.2) is 0 Å². The Bertz CT molecular complexity index is 1020. The van der Waals surface area contributed by atoms with E-state index < -0.39 is 0 Å². The standard InChI is InChI=1S/C31H30N2O2/c34-30(32(22-26-13-5-1-6-14-26)23-27-15-7-2-8-16-27)21-31(35)33(24-28-17-9-3-10-18-28)25-29-19-11-4-12-20-29/h1-20H,21-25H2. The smallest absolute Gasteiger partial charge is 0.232 e. The molecule has 0 unspecified atom stereocenters. The normalized spacial score (nSPS) is 10.5. The summed E-state index contributed by atoms with van der Waals surface area (Å²) in [6.07, 6.45) is -0.167. The Kier molecular flexibility index (Phi) is 8.44. The van der Waals surface area contributed by atoms with E-state index in [4.69, 9.17) is 0 Å². The zero-order valence-electron chi connectivity index (χ0n) is 19.8. The number of nitrogens with zero attached hydrogens (tertiary/aromatic N) is 2. The maximum absolute atomic E-state index is 13.5. The zero-order valence-corrected chi connectivity index (χ0v) is 19.8. The highest BCUT2D eigenvalue weighted by atomic mass is 16.2. The van der Waals surface area contributed by atoms with Crippen LogP contribution in [0.1, 0.15) is 28.7 Å². The molecule has 0 aliphatic carbocycles. The fourth-order valence-electron chi connectivity index (χ4n) is 4.03. The summed E-state index contributed by atoms with van der Waals surface area (Å²) in [5.41, 5.74) is 4.15. The Balaban J connectivity index is 1.51. The summed E-state index contributed by atoms with van der Waals surface area (Å²) in [6, 6.07) is 39.6. The zero-order chi connectivity index (χ0) is 24.3. The van der Waals surface area contributed by atoms with Crippen LogP contribution in [-0.4, -0.2) is 21.6 Å². The first-order valence-electron chi connectivity index (χ1n) is 11.9. The quantitative estimate of drug-likeness (QED) is 0.278. The first-order valence-corrected chi connectivity index (χ1v) is 11.9. The average Bonchev–Trinajstić information content (AvgIpc) is 2.90. The molecule has 0 heterocycles. The monoisotopic (exact) mass is 462 g/mol. The molecule has 0 atom stereocenters. The first kappa shape index (κ1) is 24.0. The molecular weight excluding hydrogens is 432 g/mol. The van der Waals surface area contributed by atoms with Gasteiger partial charge < -0.3 is 9.80 Å². The van der Waals surface area contributed by atoms with Crippen LogP contribution < -0.4 is 0 Å². The van der Waals surface area contributed by atoms with Crippen LogP contribution in [0, 0.1) is 0 Å². The van der Waals surface area contributed by atoms with Crippen LogP contribution in [0.4, 0.5) is 0 Å². The molecule has 4 heteroatoms. The Morgan fingerprint density at radius 2 is 0.629 bits per heavy atom. The molecule has 0 spiro atoms. The van der Waals surface area contributed by atoms with Crippen molar-refractivity contribution in [3.63, 3.8) is 0 Å². The highest BCUT2D eigenvalue weighted by molar-refractivity contribution is 5.96. The van der Waals surface area contributed by atoms with E-state index in [-0.39, 0.29) is 18.2 Å². The van der Waals surface area contributed by atoms with Crippen molar-refractivity contribution in [2.45, 2.75) is 32.6 Å². The van der Waals surface area contributed by atoms with Crippen molar-refractivity contribution in [1.29, 1.82) is 0 Å². The summed E-state index contributed by atoms with van der Waals surface area (Å²) < 4.78 is 0. The third kappa shape index (κ3) is 7.41. The number of carbonyl (C=O) groups excluding carboxylic acids is 2. The van der Waals surface area contributed by atoms with Gasteiger partial charge in [-0.05, 0) is 22.3 Å². The largest absolute Gasteiger partial charge is 0.334 e. The van der Waals surface area contributed by atoms with Gasteiger partial charge in [0, 0.05) is 26.2 Å². The third-order valence-corrected chi connectivity index (χ3v) is 5.87. The van der Waals surface area contributed by atoms with E-state index >= 15 is 0 Å². The molecule has 0 radical (unpaired) electrons. The Labute approximate surface area is 207 Å². The molecule has 4 nitrogen and oxygen atoms in total. The highest BCUT2D eigenvalue weighted by Gasteiger charge is 2.22. The lowest BCUT2D eigenvalue weighted by atomic mass is 10.1. The van der Waals surface area contributed by atoms with Crippen LogP contribution in [0.3, 0.4) is 0 Å². The van der Waals surface area contributed by atoms with Gasteiger partial charge in [-0.15, -0.1) is 0 Å². The molecule has 0 N–H and O–H groups in total. The lowest BCUT2D eigenvalue weighted by molar-refractivity contribution is -0.142. The summed E-state index contributed by atoms with van der Waals surface area (Å²) in [4.78, 5) is 30.4. The minimum Gasteiger partial charge on any atom is -0.334 e. The summed E-state index contributed by atoms with van der Waals surface area (Å²) in [5.74, 6) is -0.345. The molecule has 35 heavy (non-hydrogen) atoms. The van der Waals surface area contributed by atoms with E-state index in [1.807, 2.05) is 121 Å². The average molecular weight is 463 g/mol. The molecule has 176 valence electrons. The van der Waals surface area contributed by atoms with E-state index in [9.17, 15) is 9.59 Å². The molecule has 0 aliphatic rings. The summed E-state index contributed by atoms with van der Waals surface area (Å²) in [7, 11) is 0. The second-order valence-electron chi connectivity index (χ2n) is 8.62. The number of amides is 2. The highest BCUT2D eigenvalue weighted by Crippen LogP contribution is 2.15. The fourth-order valence-corrected chi connectivity index (χ4v) is 4.03. The molecular formula is C31H30N2O2. The Hall–Kier alpha value is -4.18. The Morgan fingerprint density at radius 1 is 0.400 bits per heavy atom. The van der Waals surface area contributed by atoms with Crippen LogP contribution in [0.2, 0.25) is 0 Å². The first-order chi connectivity index (χ1) is 17.2. The van der Waals surface area contributed by atoms with Gasteiger partial charge in [0.1, 0.15) is 6.42 Å². The number of hydrogen-bond donors (Lipinski definition) is 0. The topological polar surface area (TPSA) is 40.6 Å². The molecule has 2 amide bonds. The van der Waals surface area contributed by atoms with Gasteiger partial charge >= 0.3 is 0 Å². The van der Waals surface area contributed by atoms with Crippen molar-refractivity contribution in [1.82, 2.24) is 9.80 Å². The summed E-state index contributed by atoms with van der Waals surface area (Å²) in [5, 5.41) is 0. The third-order valence-electron chi connectivity index (χ3n) is 5.87. The molecule has 4 aromatic rings. The SMILES string of the molecule is O=C(CC(=O)N(Cc1ccccc1)Cc1ccccc1)N(Cc1ccccc1)Cc1ccccc1. The van der Waals surface area contributed by atoms with Crippen molar-refractivity contribution >= 4 is 11.8 Å². The molecule has 0 saturated carbocycles. The summed E-state index contributed by atoms with van der Waals surface area (Å²) in [6.45, 7) is 1.83. The predicted octanol–water partition coefficient (Wildman–Crippen LogP) is 5.83. The fraction of sp³-hybridized carbons (Fsp3) is 0.161. The molecule has 0 aliphatic heterocycles. The molecule has 0 bridgehead atoms. The lowest BCUT2D eigenvalue weighted by Gasteiger charge is -2.26. The van der Waals surface area contributed by atoms with Crippen molar-refractivity contribution in [3.8, 4) is 0 Å². The Morgan fingerprint density at radius 3 is 0.857 bits per heavy atom.